The van der Waals surface area contributed by atoms with Crippen molar-refractivity contribution in [3.8, 4) is 0 Å². The van der Waals surface area contributed by atoms with Gasteiger partial charge in [-0.15, -0.1) is 0 Å². The lowest BCUT2D eigenvalue weighted by atomic mass is 10.0. The summed E-state index contributed by atoms with van der Waals surface area (Å²) < 4.78 is 0. The molecule has 3 N–H and O–H groups in total. The van der Waals surface area contributed by atoms with Crippen molar-refractivity contribution < 1.29 is 9.90 Å². The Balaban J connectivity index is 2.67. The second kappa shape index (κ2) is 5.51. The third-order valence-corrected chi connectivity index (χ3v) is 2.42. The van der Waals surface area contributed by atoms with Crippen LogP contribution in [0.25, 0.3) is 0 Å². The van der Waals surface area contributed by atoms with Crippen LogP contribution < -0.4 is 5.73 Å². The van der Waals surface area contributed by atoms with Gasteiger partial charge in [0, 0.05) is 0 Å². The number of aryl methyl sites for hydroxylation is 1. The molecule has 1 rings (SSSR count). The van der Waals surface area contributed by atoms with Crippen molar-refractivity contribution in [2.24, 2.45) is 5.73 Å². The summed E-state index contributed by atoms with van der Waals surface area (Å²) >= 11 is 0. The molecule has 0 amide bonds. The number of nitrogens with two attached hydrogens (primary N) is 1. The van der Waals surface area contributed by atoms with Gasteiger partial charge in [-0.2, -0.15) is 0 Å². The van der Waals surface area contributed by atoms with Crippen LogP contribution in [0, 0.1) is 0 Å². The highest BCUT2D eigenvalue weighted by molar-refractivity contribution is 5.75. The summed E-state index contributed by atoms with van der Waals surface area (Å²) in [4.78, 5) is 10.6. The van der Waals surface area contributed by atoms with Crippen molar-refractivity contribution in [3.05, 3.63) is 35.4 Å². The summed E-state index contributed by atoms with van der Waals surface area (Å²) in [5, 5.41) is 8.72. The molecule has 0 radical (unpaired) electrons. The highest BCUT2D eigenvalue weighted by Gasteiger charge is 2.13. The molecule has 0 aromatic heterocycles. The second-order valence-electron chi connectivity index (χ2n) is 3.66. The quantitative estimate of drug-likeness (QED) is 0.777. The fourth-order valence-corrected chi connectivity index (χ4v) is 1.42. The standard InChI is InChI=1S/C12H17NO2/c1-2-3-4-9-5-7-10(8-6-9)11(13)12(14)15/h5-8,11H,2-4,13H2,1H3,(H,14,15)/t11-/m0/s1. The lowest BCUT2D eigenvalue weighted by Gasteiger charge is -2.07. The summed E-state index contributed by atoms with van der Waals surface area (Å²) in [6.07, 6.45) is 3.36. The van der Waals surface area contributed by atoms with E-state index in [1.807, 2.05) is 12.1 Å². The van der Waals surface area contributed by atoms with Crippen molar-refractivity contribution in [2.75, 3.05) is 0 Å². The van der Waals surface area contributed by atoms with E-state index in [2.05, 4.69) is 6.92 Å². The molecule has 0 unspecified atom stereocenters. The Morgan fingerprint density at radius 1 is 1.40 bits per heavy atom. The molecule has 0 aliphatic carbocycles. The fraction of sp³-hybridized carbons (Fsp3) is 0.417. The van der Waals surface area contributed by atoms with Crippen LogP contribution in [0.4, 0.5) is 0 Å². The third kappa shape index (κ3) is 3.36. The molecule has 0 aliphatic heterocycles. The van der Waals surface area contributed by atoms with E-state index in [0.29, 0.717) is 5.56 Å². The highest BCUT2D eigenvalue weighted by atomic mass is 16.4. The molecule has 0 saturated carbocycles. The number of benzene rings is 1. The molecule has 82 valence electrons. The Kier molecular flexibility index (Phi) is 4.31. The molecule has 1 aromatic rings. The molecular weight excluding hydrogens is 190 g/mol. The van der Waals surface area contributed by atoms with E-state index >= 15 is 0 Å². The van der Waals surface area contributed by atoms with Crippen molar-refractivity contribution in [1.82, 2.24) is 0 Å². The molecule has 3 heteroatoms. The van der Waals surface area contributed by atoms with Crippen LogP contribution in [0.15, 0.2) is 24.3 Å². The van der Waals surface area contributed by atoms with Gasteiger partial charge in [-0.05, 0) is 24.0 Å². The number of hydrogen-bond donors (Lipinski definition) is 2. The first-order chi connectivity index (χ1) is 7.15. The van der Waals surface area contributed by atoms with E-state index in [9.17, 15) is 4.79 Å². The summed E-state index contributed by atoms with van der Waals surface area (Å²) in [5.74, 6) is -0.990. The maximum atomic E-state index is 10.6. The van der Waals surface area contributed by atoms with Gasteiger partial charge in [-0.1, -0.05) is 37.6 Å². The predicted octanol–water partition coefficient (Wildman–Crippen LogP) is 2.11. The van der Waals surface area contributed by atoms with Gasteiger partial charge in [-0.3, -0.25) is 4.79 Å². The predicted molar refractivity (Wildman–Crippen MR) is 59.6 cm³/mol. The van der Waals surface area contributed by atoms with Gasteiger partial charge >= 0.3 is 5.97 Å². The van der Waals surface area contributed by atoms with E-state index in [1.165, 1.54) is 5.56 Å². The summed E-state index contributed by atoms with van der Waals surface area (Å²) in [6, 6.07) is 6.58. The van der Waals surface area contributed by atoms with Crippen molar-refractivity contribution >= 4 is 5.97 Å². The largest absolute Gasteiger partial charge is 0.480 e. The number of unbranched alkanes of at least 4 members (excludes halogenated alkanes) is 1. The molecule has 0 spiro atoms. The van der Waals surface area contributed by atoms with Crippen LogP contribution in [0.5, 0.6) is 0 Å². The minimum absolute atomic E-state index is 0.655. The molecule has 1 aromatic carbocycles. The monoisotopic (exact) mass is 207 g/mol. The SMILES string of the molecule is CCCCc1ccc([C@H](N)C(=O)O)cc1. The van der Waals surface area contributed by atoms with Crippen LogP contribution in [-0.2, 0) is 11.2 Å². The maximum Gasteiger partial charge on any atom is 0.325 e. The van der Waals surface area contributed by atoms with E-state index in [1.54, 1.807) is 12.1 Å². The topological polar surface area (TPSA) is 63.3 Å². The van der Waals surface area contributed by atoms with Crippen LogP contribution in [0.2, 0.25) is 0 Å². The molecule has 0 fully saturated rings. The molecular formula is C12H17NO2. The average Bonchev–Trinajstić information content (AvgIpc) is 2.26. The fourth-order valence-electron chi connectivity index (χ4n) is 1.42. The Morgan fingerprint density at radius 2 is 2.00 bits per heavy atom. The molecule has 0 heterocycles. The Morgan fingerprint density at radius 3 is 2.47 bits per heavy atom. The van der Waals surface area contributed by atoms with Gasteiger partial charge in [0.2, 0.25) is 0 Å². The Bertz CT molecular complexity index is 319. The van der Waals surface area contributed by atoms with Gasteiger partial charge in [0.25, 0.3) is 0 Å². The van der Waals surface area contributed by atoms with Crippen molar-refractivity contribution in [2.45, 2.75) is 32.2 Å². The lowest BCUT2D eigenvalue weighted by Crippen LogP contribution is -2.20. The average molecular weight is 207 g/mol. The zero-order chi connectivity index (χ0) is 11.3. The minimum Gasteiger partial charge on any atom is -0.480 e. The normalized spacial score (nSPS) is 12.4. The minimum atomic E-state index is -0.990. The first-order valence-electron chi connectivity index (χ1n) is 5.22. The van der Waals surface area contributed by atoms with Gasteiger partial charge in [0.05, 0.1) is 0 Å². The number of carboxylic acid groups (broad SMARTS) is 1. The first-order valence-corrected chi connectivity index (χ1v) is 5.22. The number of carbonyl (C=O) groups is 1. The summed E-state index contributed by atoms with van der Waals surface area (Å²) in [5.41, 5.74) is 7.38. The van der Waals surface area contributed by atoms with Gasteiger partial charge in [0.15, 0.2) is 0 Å². The third-order valence-electron chi connectivity index (χ3n) is 2.42. The number of aliphatic carboxylic acids is 1. The zero-order valence-corrected chi connectivity index (χ0v) is 8.94. The van der Waals surface area contributed by atoms with Gasteiger partial charge < -0.3 is 10.8 Å². The Labute approximate surface area is 89.9 Å². The van der Waals surface area contributed by atoms with Crippen LogP contribution in [0.3, 0.4) is 0 Å². The lowest BCUT2D eigenvalue weighted by molar-refractivity contribution is -0.138. The van der Waals surface area contributed by atoms with Crippen molar-refractivity contribution in [3.63, 3.8) is 0 Å². The zero-order valence-electron chi connectivity index (χ0n) is 8.94. The Hall–Kier alpha value is -1.35. The van der Waals surface area contributed by atoms with Gasteiger partial charge in [-0.25, -0.2) is 0 Å². The molecule has 15 heavy (non-hydrogen) atoms. The molecule has 0 saturated heterocycles. The van der Waals surface area contributed by atoms with E-state index in [0.717, 1.165) is 19.3 Å². The first kappa shape index (κ1) is 11.7. The molecule has 3 nitrogen and oxygen atoms in total. The van der Waals surface area contributed by atoms with Gasteiger partial charge in [0.1, 0.15) is 6.04 Å². The smallest absolute Gasteiger partial charge is 0.325 e. The second-order valence-corrected chi connectivity index (χ2v) is 3.66. The molecule has 0 aliphatic rings. The number of hydrogen-bond acceptors (Lipinski definition) is 2. The molecule has 1 atom stereocenters. The maximum absolute atomic E-state index is 10.6. The van der Waals surface area contributed by atoms with E-state index in [-0.39, 0.29) is 0 Å². The highest BCUT2D eigenvalue weighted by Crippen LogP contribution is 2.13. The number of carboxylic acids is 1. The van der Waals surface area contributed by atoms with Crippen molar-refractivity contribution in [1.29, 1.82) is 0 Å². The molecule has 0 bridgehead atoms. The van der Waals surface area contributed by atoms with Crippen LogP contribution >= 0.6 is 0 Å². The van der Waals surface area contributed by atoms with Crippen LogP contribution in [0.1, 0.15) is 36.9 Å². The van der Waals surface area contributed by atoms with Crippen LogP contribution in [-0.4, -0.2) is 11.1 Å². The van der Waals surface area contributed by atoms with E-state index in [4.69, 9.17) is 10.8 Å². The summed E-state index contributed by atoms with van der Waals surface area (Å²) in [7, 11) is 0. The number of rotatable bonds is 5. The van der Waals surface area contributed by atoms with E-state index < -0.39 is 12.0 Å². The summed E-state index contributed by atoms with van der Waals surface area (Å²) in [6.45, 7) is 2.15.